The first-order chi connectivity index (χ1) is 17.2. The highest BCUT2D eigenvalue weighted by atomic mass is 35.5. The van der Waals surface area contributed by atoms with Gasteiger partial charge in [-0.3, -0.25) is 25.0 Å². The Labute approximate surface area is 207 Å². The zero-order chi connectivity index (χ0) is 26.0. The first-order valence-electron chi connectivity index (χ1n) is 10.1. The lowest BCUT2D eigenvalue weighted by molar-refractivity contribution is -0.394. The lowest BCUT2D eigenvalue weighted by Crippen LogP contribution is -2.30. The Morgan fingerprint density at radius 2 is 1.61 bits per heavy atom. The van der Waals surface area contributed by atoms with Crippen molar-refractivity contribution in [3.05, 3.63) is 97.2 Å². The molecule has 36 heavy (non-hydrogen) atoms. The number of methoxy groups -OCH3 is 1. The van der Waals surface area contributed by atoms with Crippen LogP contribution in [0, 0.1) is 20.2 Å². The number of hydrogen-bond acceptors (Lipinski definition) is 8. The second-order valence-electron chi connectivity index (χ2n) is 7.28. The highest BCUT2D eigenvalue weighted by Crippen LogP contribution is 2.38. The van der Waals surface area contributed by atoms with Gasteiger partial charge in [0, 0.05) is 11.1 Å². The van der Waals surface area contributed by atoms with Crippen molar-refractivity contribution in [1.29, 1.82) is 0 Å². The Morgan fingerprint density at radius 3 is 2.25 bits per heavy atom. The monoisotopic (exact) mass is 510 g/mol. The maximum atomic E-state index is 12.8. The van der Waals surface area contributed by atoms with Crippen LogP contribution in [0.2, 0.25) is 5.02 Å². The summed E-state index contributed by atoms with van der Waals surface area (Å²) in [6.07, 6.45) is 1.43. The number of imide groups is 1. The van der Waals surface area contributed by atoms with Gasteiger partial charge >= 0.3 is 11.7 Å². The van der Waals surface area contributed by atoms with E-state index < -0.39 is 33.2 Å². The molecule has 1 saturated heterocycles. The average Bonchev–Trinajstić information content (AvgIpc) is 3.13. The molecule has 0 bridgehead atoms. The molecular weight excluding hydrogens is 496 g/mol. The van der Waals surface area contributed by atoms with E-state index in [0.29, 0.717) is 16.3 Å². The van der Waals surface area contributed by atoms with E-state index in [1.165, 1.54) is 43.5 Å². The van der Waals surface area contributed by atoms with Crippen LogP contribution in [-0.2, 0) is 4.79 Å². The van der Waals surface area contributed by atoms with Crippen LogP contribution in [0.15, 0.2) is 66.4 Å². The Balaban J connectivity index is 1.61. The lowest BCUT2D eigenvalue weighted by Gasteiger charge is -2.12. The number of rotatable bonds is 7. The number of halogens is 1. The van der Waals surface area contributed by atoms with Crippen molar-refractivity contribution < 1.29 is 28.9 Å². The summed E-state index contributed by atoms with van der Waals surface area (Å²) in [5.41, 5.74) is -0.245. The molecule has 1 aliphatic heterocycles. The molecule has 0 aliphatic carbocycles. The zero-order valence-electron chi connectivity index (χ0n) is 18.3. The Hall–Kier alpha value is -4.97. The van der Waals surface area contributed by atoms with Gasteiger partial charge in [0.05, 0.1) is 28.7 Å². The molecular formula is C23H15ClN4O8. The molecule has 1 heterocycles. The summed E-state index contributed by atoms with van der Waals surface area (Å²) in [7, 11) is 1.34. The summed E-state index contributed by atoms with van der Waals surface area (Å²) in [6, 6.07) is 13.0. The van der Waals surface area contributed by atoms with E-state index in [1.54, 1.807) is 12.1 Å². The van der Waals surface area contributed by atoms with Crippen LogP contribution in [0.3, 0.4) is 0 Å². The normalized spacial score (nSPS) is 14.1. The molecule has 0 saturated carbocycles. The molecule has 0 radical (unpaired) electrons. The molecule has 0 unspecified atom stereocenters. The molecule has 13 heteroatoms. The van der Waals surface area contributed by atoms with Gasteiger partial charge in [0.2, 0.25) is 5.75 Å². The minimum Gasteiger partial charge on any atom is -0.493 e. The van der Waals surface area contributed by atoms with E-state index in [-0.39, 0.29) is 22.9 Å². The number of benzene rings is 3. The van der Waals surface area contributed by atoms with E-state index in [2.05, 4.69) is 5.32 Å². The second-order valence-corrected chi connectivity index (χ2v) is 7.72. The van der Waals surface area contributed by atoms with E-state index >= 15 is 0 Å². The summed E-state index contributed by atoms with van der Waals surface area (Å²) < 4.78 is 10.9. The van der Waals surface area contributed by atoms with Gasteiger partial charge in [-0.15, -0.1) is 0 Å². The Kier molecular flexibility index (Phi) is 6.52. The van der Waals surface area contributed by atoms with Crippen LogP contribution in [0.5, 0.6) is 17.2 Å². The molecule has 4 rings (SSSR count). The van der Waals surface area contributed by atoms with Crippen molar-refractivity contribution in [1.82, 2.24) is 5.32 Å². The highest BCUT2D eigenvalue weighted by molar-refractivity contribution is 6.31. The molecule has 0 spiro atoms. The van der Waals surface area contributed by atoms with Crippen molar-refractivity contribution in [2.45, 2.75) is 0 Å². The molecule has 3 amide bonds. The van der Waals surface area contributed by atoms with Crippen molar-refractivity contribution in [3.63, 3.8) is 0 Å². The number of amides is 3. The summed E-state index contributed by atoms with van der Waals surface area (Å²) >= 11 is 5.87. The van der Waals surface area contributed by atoms with Gasteiger partial charge in [0.1, 0.15) is 5.70 Å². The lowest BCUT2D eigenvalue weighted by atomic mass is 10.1. The van der Waals surface area contributed by atoms with E-state index in [1.807, 2.05) is 0 Å². The van der Waals surface area contributed by atoms with Gasteiger partial charge in [-0.25, -0.2) is 9.69 Å². The summed E-state index contributed by atoms with van der Waals surface area (Å²) in [5.74, 6) is -0.570. The van der Waals surface area contributed by atoms with Crippen LogP contribution in [0.1, 0.15) is 5.56 Å². The molecule has 182 valence electrons. The number of carbonyl (C=O) groups excluding carboxylic acids is 2. The third kappa shape index (κ3) is 4.79. The van der Waals surface area contributed by atoms with Crippen LogP contribution >= 0.6 is 11.6 Å². The largest absolute Gasteiger partial charge is 0.493 e. The van der Waals surface area contributed by atoms with Crippen LogP contribution in [-0.4, -0.2) is 28.9 Å². The number of nitrogens with one attached hydrogen (secondary N) is 1. The number of hydrogen-bond donors (Lipinski definition) is 1. The maximum Gasteiger partial charge on any atom is 0.333 e. The number of anilines is 1. The van der Waals surface area contributed by atoms with Gasteiger partial charge in [0.25, 0.3) is 11.6 Å². The fraction of sp³-hybridized carbons (Fsp3) is 0.0435. The topological polar surface area (TPSA) is 154 Å². The second kappa shape index (κ2) is 9.72. The fourth-order valence-corrected chi connectivity index (χ4v) is 3.48. The fourth-order valence-electron chi connectivity index (χ4n) is 3.35. The summed E-state index contributed by atoms with van der Waals surface area (Å²) in [6.45, 7) is 0. The number of non-ortho nitro benzene ring substituents is 1. The number of nitro benzene ring substituents is 2. The third-order valence-corrected chi connectivity index (χ3v) is 5.28. The molecule has 0 aromatic heterocycles. The number of carbonyl (C=O) groups is 2. The van der Waals surface area contributed by atoms with Crippen LogP contribution in [0.25, 0.3) is 6.08 Å². The quantitative estimate of drug-likeness (QED) is 0.200. The number of ether oxygens (including phenoxy) is 2. The Morgan fingerprint density at radius 1 is 0.917 bits per heavy atom. The molecule has 3 aromatic carbocycles. The van der Waals surface area contributed by atoms with Crippen molar-refractivity contribution in [3.8, 4) is 17.2 Å². The predicted molar refractivity (Wildman–Crippen MR) is 128 cm³/mol. The summed E-state index contributed by atoms with van der Waals surface area (Å²) in [4.78, 5) is 46.9. The van der Waals surface area contributed by atoms with Crippen molar-refractivity contribution in [2.24, 2.45) is 0 Å². The zero-order valence-corrected chi connectivity index (χ0v) is 19.1. The molecule has 0 atom stereocenters. The highest BCUT2D eigenvalue weighted by Gasteiger charge is 2.34. The minimum absolute atomic E-state index is 0.0108. The van der Waals surface area contributed by atoms with Gasteiger partial charge in [-0.1, -0.05) is 17.7 Å². The van der Waals surface area contributed by atoms with Gasteiger partial charge in [-0.05, 0) is 54.1 Å². The number of urea groups is 1. The first-order valence-corrected chi connectivity index (χ1v) is 10.5. The smallest absolute Gasteiger partial charge is 0.333 e. The molecule has 1 N–H and O–H groups in total. The molecule has 1 fully saturated rings. The average molecular weight is 511 g/mol. The van der Waals surface area contributed by atoms with E-state index in [4.69, 9.17) is 21.1 Å². The molecule has 3 aromatic rings. The van der Waals surface area contributed by atoms with Crippen LogP contribution in [0.4, 0.5) is 21.9 Å². The predicted octanol–water partition coefficient (Wildman–Crippen LogP) is 5.05. The van der Waals surface area contributed by atoms with E-state index in [0.717, 1.165) is 23.1 Å². The van der Waals surface area contributed by atoms with Crippen molar-refractivity contribution in [2.75, 3.05) is 12.0 Å². The molecule has 12 nitrogen and oxygen atoms in total. The SMILES string of the molecule is COc1cc(/C=C2/NC(=O)N(c3ccc(Cl)cc3)C2=O)ccc1Oc1ccc([N+](=O)[O-])cc1[N+](=O)[O-]. The van der Waals surface area contributed by atoms with E-state index in [9.17, 15) is 29.8 Å². The summed E-state index contributed by atoms with van der Waals surface area (Å²) in [5, 5.41) is 25.3. The molecule has 1 aliphatic rings. The number of nitrogens with zero attached hydrogens (tertiary/aromatic N) is 3. The first kappa shape index (κ1) is 24.2. The Bertz CT molecular complexity index is 1440. The minimum atomic E-state index is -0.797. The van der Waals surface area contributed by atoms with Crippen LogP contribution < -0.4 is 19.7 Å². The van der Waals surface area contributed by atoms with Crippen molar-refractivity contribution >= 4 is 46.7 Å². The number of nitro groups is 2. The van der Waals surface area contributed by atoms with Gasteiger partial charge in [0.15, 0.2) is 11.5 Å². The third-order valence-electron chi connectivity index (χ3n) is 5.03. The maximum absolute atomic E-state index is 12.8. The standard InChI is InChI=1S/C23H15ClN4O8/c1-35-21-11-13(10-17-22(29)26(23(30)25-17)15-5-3-14(24)4-6-15)2-8-20(21)36-19-9-7-16(27(31)32)12-18(19)28(33)34/h2-12H,1H3,(H,25,30)/b17-10+. The van der Waals surface area contributed by atoms with Gasteiger partial charge in [-0.2, -0.15) is 0 Å². The van der Waals surface area contributed by atoms with Gasteiger partial charge < -0.3 is 14.8 Å².